The van der Waals surface area contributed by atoms with Gasteiger partial charge >= 0.3 is 5.97 Å². The van der Waals surface area contributed by atoms with E-state index in [1.165, 1.54) is 16.7 Å². The highest BCUT2D eigenvalue weighted by Gasteiger charge is 2.53. The van der Waals surface area contributed by atoms with Crippen LogP contribution in [0, 0.1) is 0 Å². The van der Waals surface area contributed by atoms with E-state index in [9.17, 15) is 14.7 Å². The minimum Gasteiger partial charge on any atom is -0.477 e. The van der Waals surface area contributed by atoms with E-state index in [1.54, 1.807) is 12.4 Å². The van der Waals surface area contributed by atoms with Crippen LogP contribution in [-0.2, 0) is 9.59 Å². The summed E-state index contributed by atoms with van der Waals surface area (Å²) in [6.45, 7) is -0.0576. The lowest BCUT2D eigenvalue weighted by molar-refractivity contribution is -0.147. The number of nitrogens with zero attached hydrogens (tertiary/aromatic N) is 5. The van der Waals surface area contributed by atoms with E-state index in [-0.39, 0.29) is 23.5 Å². The van der Waals surface area contributed by atoms with Gasteiger partial charge in [0.15, 0.2) is 0 Å². The van der Waals surface area contributed by atoms with E-state index in [1.807, 2.05) is 0 Å². The van der Waals surface area contributed by atoms with Crippen molar-refractivity contribution in [3.8, 4) is 0 Å². The predicted octanol–water partition coefficient (Wildman–Crippen LogP) is 0.754. The summed E-state index contributed by atoms with van der Waals surface area (Å²) in [6, 6.07) is -0.536. The van der Waals surface area contributed by atoms with Crippen LogP contribution in [0.15, 0.2) is 28.8 Å². The number of hydrogen-bond donors (Lipinski definition) is 3. The van der Waals surface area contributed by atoms with Crippen molar-refractivity contribution in [3.63, 3.8) is 0 Å². The summed E-state index contributed by atoms with van der Waals surface area (Å²) in [5.41, 5.74) is 8.73. The zero-order valence-corrected chi connectivity index (χ0v) is 11.9. The van der Waals surface area contributed by atoms with Gasteiger partial charge < -0.3 is 15.4 Å². The second-order valence-electron chi connectivity index (χ2n) is 4.62. The second-order valence-corrected chi connectivity index (χ2v) is 5.72. The fraction of sp³-hybridized carbons (Fsp3) is 0.364. The Bertz CT molecular complexity index is 695. The van der Waals surface area contributed by atoms with E-state index < -0.39 is 12.0 Å². The molecule has 0 radical (unpaired) electrons. The standard InChI is InChI=1S/C11H11N7O3S/c12-17-15-3-5-4-22-9-6(16-11-13-1-2-14-11)8(19)18(9)7(5)10(20)21/h1-2,6,9H,3-4H2,(H,20,21)(H2,13,14,16)/t6?,9-/m1/s1. The fourth-order valence-electron chi connectivity index (χ4n) is 2.41. The van der Waals surface area contributed by atoms with E-state index >= 15 is 0 Å². The number of imidazole rings is 1. The summed E-state index contributed by atoms with van der Waals surface area (Å²) in [5.74, 6) is -0.687. The highest BCUT2D eigenvalue weighted by molar-refractivity contribution is 8.00. The van der Waals surface area contributed by atoms with Crippen molar-refractivity contribution >= 4 is 29.6 Å². The lowest BCUT2D eigenvalue weighted by Gasteiger charge is -2.49. The molecule has 1 aromatic heterocycles. The first-order valence-corrected chi connectivity index (χ1v) is 7.35. The van der Waals surface area contributed by atoms with Gasteiger partial charge in [0.1, 0.15) is 17.1 Å². The zero-order valence-electron chi connectivity index (χ0n) is 11.1. The third kappa shape index (κ3) is 2.26. The number of aromatic nitrogens is 2. The van der Waals surface area contributed by atoms with Gasteiger partial charge in [-0.1, -0.05) is 5.11 Å². The molecule has 2 aliphatic rings. The molecule has 0 bridgehead atoms. The third-order valence-electron chi connectivity index (χ3n) is 3.37. The van der Waals surface area contributed by atoms with E-state index in [0.29, 0.717) is 17.3 Å². The van der Waals surface area contributed by atoms with Crippen LogP contribution < -0.4 is 5.32 Å². The number of β-lactam (4-membered cyclic amide) rings is 1. The van der Waals surface area contributed by atoms with Crippen LogP contribution in [0.4, 0.5) is 5.95 Å². The van der Waals surface area contributed by atoms with Gasteiger partial charge in [-0.3, -0.25) is 9.69 Å². The Morgan fingerprint density at radius 3 is 3.18 bits per heavy atom. The molecule has 22 heavy (non-hydrogen) atoms. The van der Waals surface area contributed by atoms with Gasteiger partial charge in [-0.2, -0.15) is 0 Å². The number of amides is 1. The molecule has 114 valence electrons. The van der Waals surface area contributed by atoms with Gasteiger partial charge in [0, 0.05) is 23.1 Å². The summed E-state index contributed by atoms with van der Waals surface area (Å²) in [4.78, 5) is 34.4. The van der Waals surface area contributed by atoms with Crippen LogP contribution in [-0.4, -0.2) is 55.6 Å². The van der Waals surface area contributed by atoms with Crippen molar-refractivity contribution in [1.82, 2.24) is 14.9 Å². The molecule has 0 spiro atoms. The summed E-state index contributed by atoms with van der Waals surface area (Å²) in [5, 5.41) is 15.4. The lowest BCUT2D eigenvalue weighted by atomic mass is 10.0. The van der Waals surface area contributed by atoms with Crippen molar-refractivity contribution in [2.45, 2.75) is 11.4 Å². The topological polar surface area (TPSA) is 147 Å². The molecule has 1 aromatic rings. The number of nitrogens with one attached hydrogen (secondary N) is 2. The number of aliphatic carboxylic acids is 1. The molecule has 2 aliphatic heterocycles. The van der Waals surface area contributed by atoms with Crippen LogP contribution in [0.1, 0.15) is 0 Å². The van der Waals surface area contributed by atoms with Crippen LogP contribution in [0.2, 0.25) is 0 Å². The number of thioether (sulfide) groups is 1. The van der Waals surface area contributed by atoms with Crippen LogP contribution >= 0.6 is 11.8 Å². The molecule has 0 aromatic carbocycles. The molecule has 10 nitrogen and oxygen atoms in total. The predicted molar refractivity (Wildman–Crippen MR) is 77.8 cm³/mol. The zero-order chi connectivity index (χ0) is 15.7. The molecule has 3 rings (SSSR count). The van der Waals surface area contributed by atoms with Crippen LogP contribution in [0.3, 0.4) is 0 Å². The minimum atomic E-state index is -1.20. The molecule has 1 amide bonds. The number of rotatable bonds is 5. The Morgan fingerprint density at radius 2 is 2.55 bits per heavy atom. The highest BCUT2D eigenvalue weighted by atomic mass is 32.2. The monoisotopic (exact) mass is 321 g/mol. The quantitative estimate of drug-likeness (QED) is 0.315. The minimum absolute atomic E-state index is 0.0576. The first-order valence-electron chi connectivity index (χ1n) is 6.30. The van der Waals surface area contributed by atoms with Gasteiger partial charge in [0.25, 0.3) is 5.91 Å². The van der Waals surface area contributed by atoms with Crippen molar-refractivity contribution < 1.29 is 14.7 Å². The average molecular weight is 321 g/mol. The van der Waals surface area contributed by atoms with E-state index in [4.69, 9.17) is 5.53 Å². The highest BCUT2D eigenvalue weighted by Crippen LogP contribution is 2.41. The first kappa shape index (κ1) is 14.3. The Kier molecular flexibility index (Phi) is 3.65. The van der Waals surface area contributed by atoms with Gasteiger partial charge in [0.2, 0.25) is 5.95 Å². The maximum Gasteiger partial charge on any atom is 0.352 e. The number of fused-ring (bicyclic) bond motifs is 1. The molecule has 1 unspecified atom stereocenters. The van der Waals surface area contributed by atoms with Crippen molar-refractivity contribution in [3.05, 3.63) is 34.1 Å². The number of carboxylic acid groups (broad SMARTS) is 1. The third-order valence-corrected chi connectivity index (χ3v) is 4.70. The maximum absolute atomic E-state index is 12.3. The van der Waals surface area contributed by atoms with Gasteiger partial charge in [-0.15, -0.1) is 11.8 Å². The number of anilines is 1. The average Bonchev–Trinajstić information content (AvgIpc) is 3.02. The molecule has 0 aliphatic carbocycles. The Morgan fingerprint density at radius 1 is 1.73 bits per heavy atom. The normalized spacial score (nSPS) is 23.5. The molecule has 3 heterocycles. The number of hydrogen-bond acceptors (Lipinski definition) is 6. The summed E-state index contributed by atoms with van der Waals surface area (Å²) >= 11 is 1.42. The fourth-order valence-corrected chi connectivity index (χ4v) is 3.75. The Balaban J connectivity index is 1.83. The number of carbonyl (C=O) groups excluding carboxylic acids is 1. The molecule has 11 heteroatoms. The summed E-state index contributed by atoms with van der Waals surface area (Å²) in [6.07, 6.45) is 3.18. The van der Waals surface area contributed by atoms with Crippen molar-refractivity contribution in [1.29, 1.82) is 0 Å². The molecule has 1 fully saturated rings. The second kappa shape index (κ2) is 5.62. The van der Waals surface area contributed by atoms with Gasteiger partial charge in [-0.25, -0.2) is 9.78 Å². The summed E-state index contributed by atoms with van der Waals surface area (Å²) in [7, 11) is 0. The first-order chi connectivity index (χ1) is 10.6. The Labute approximate surface area is 128 Å². The SMILES string of the molecule is [N-]=[N+]=NCC1=C(C(=O)O)N2C(=O)C(Nc3ncc[nH]3)[C@H]2SC1. The smallest absolute Gasteiger partial charge is 0.352 e. The lowest BCUT2D eigenvalue weighted by Crippen LogP contribution is -2.67. The van der Waals surface area contributed by atoms with E-state index in [2.05, 4.69) is 25.3 Å². The molecule has 1 saturated heterocycles. The van der Waals surface area contributed by atoms with Gasteiger partial charge in [0.05, 0.1) is 6.54 Å². The number of carboxylic acids is 1. The molecular formula is C11H11N7O3S. The Hall–Kier alpha value is -2.65. The number of azide groups is 1. The molecular weight excluding hydrogens is 310 g/mol. The van der Waals surface area contributed by atoms with Crippen molar-refractivity contribution in [2.75, 3.05) is 17.6 Å². The molecule has 3 N–H and O–H groups in total. The van der Waals surface area contributed by atoms with Crippen LogP contribution in [0.5, 0.6) is 0 Å². The molecule has 0 saturated carbocycles. The molecule has 2 atom stereocenters. The largest absolute Gasteiger partial charge is 0.477 e. The van der Waals surface area contributed by atoms with Crippen molar-refractivity contribution in [2.24, 2.45) is 5.11 Å². The maximum atomic E-state index is 12.3. The number of H-pyrrole nitrogens is 1. The summed E-state index contributed by atoms with van der Waals surface area (Å²) < 4.78 is 0. The van der Waals surface area contributed by atoms with E-state index in [0.717, 1.165) is 0 Å². The number of carbonyl (C=O) groups is 2. The van der Waals surface area contributed by atoms with Crippen LogP contribution in [0.25, 0.3) is 10.4 Å². The van der Waals surface area contributed by atoms with Gasteiger partial charge in [-0.05, 0) is 11.1 Å². The number of aromatic amines is 1.